The molecule has 0 spiro atoms. The van der Waals surface area contributed by atoms with Gasteiger partial charge in [0.15, 0.2) is 0 Å². The summed E-state index contributed by atoms with van der Waals surface area (Å²) in [6.07, 6.45) is -1.11. The van der Waals surface area contributed by atoms with Gasteiger partial charge in [0.2, 0.25) is 0 Å². The molecule has 132 valence electrons. The standard InChI is InChI=1S/C17H15BrF3N3O/c18-10-3-1-6-12(7-10)23-15-8-14(17(19,20)21)13(9-22-15)16(25)24-11-4-2-5-11/h1,3,6-9,11H,2,4-5H2,(H,22,23)(H,24,25). The van der Waals surface area contributed by atoms with Crippen LogP contribution in [0.15, 0.2) is 41.0 Å². The van der Waals surface area contributed by atoms with E-state index >= 15 is 0 Å². The summed E-state index contributed by atoms with van der Waals surface area (Å²) in [5, 5.41) is 5.43. The van der Waals surface area contributed by atoms with Crippen LogP contribution in [0.25, 0.3) is 0 Å². The minimum Gasteiger partial charge on any atom is -0.349 e. The van der Waals surface area contributed by atoms with Crippen LogP contribution in [0.4, 0.5) is 24.7 Å². The van der Waals surface area contributed by atoms with Crippen molar-refractivity contribution >= 4 is 33.3 Å². The van der Waals surface area contributed by atoms with Crippen LogP contribution in [0, 0.1) is 0 Å². The van der Waals surface area contributed by atoms with E-state index in [1.807, 2.05) is 0 Å². The third-order valence-corrected chi connectivity index (χ3v) is 4.48. The van der Waals surface area contributed by atoms with E-state index in [-0.39, 0.29) is 11.9 Å². The van der Waals surface area contributed by atoms with Gasteiger partial charge in [0, 0.05) is 22.4 Å². The molecular weight excluding hydrogens is 399 g/mol. The molecular formula is C17H15BrF3N3O. The van der Waals surface area contributed by atoms with E-state index < -0.39 is 23.2 Å². The quantitative estimate of drug-likeness (QED) is 0.750. The molecule has 4 nitrogen and oxygen atoms in total. The SMILES string of the molecule is O=C(NC1CCC1)c1cnc(Nc2cccc(Br)c2)cc1C(F)(F)F. The van der Waals surface area contributed by atoms with Crippen molar-refractivity contribution in [1.29, 1.82) is 0 Å². The largest absolute Gasteiger partial charge is 0.417 e. The lowest BCUT2D eigenvalue weighted by molar-refractivity contribution is -0.138. The summed E-state index contributed by atoms with van der Waals surface area (Å²) in [6, 6.07) is 7.78. The van der Waals surface area contributed by atoms with Crippen LogP contribution in [0.3, 0.4) is 0 Å². The van der Waals surface area contributed by atoms with E-state index in [0.29, 0.717) is 5.69 Å². The fourth-order valence-electron chi connectivity index (χ4n) is 2.47. The Hall–Kier alpha value is -2.09. The van der Waals surface area contributed by atoms with E-state index in [0.717, 1.165) is 36.0 Å². The number of hydrogen-bond donors (Lipinski definition) is 2. The molecule has 8 heteroatoms. The fraction of sp³-hybridized carbons (Fsp3) is 0.294. The van der Waals surface area contributed by atoms with E-state index in [4.69, 9.17) is 0 Å². The van der Waals surface area contributed by atoms with Gasteiger partial charge < -0.3 is 10.6 Å². The Morgan fingerprint density at radius 3 is 2.60 bits per heavy atom. The van der Waals surface area contributed by atoms with Crippen LogP contribution in [0.2, 0.25) is 0 Å². The lowest BCUT2D eigenvalue weighted by Crippen LogP contribution is -2.40. The van der Waals surface area contributed by atoms with Crippen LogP contribution in [0.5, 0.6) is 0 Å². The highest BCUT2D eigenvalue weighted by atomic mass is 79.9. The predicted octanol–water partition coefficient (Wildman–Crippen LogP) is 4.89. The lowest BCUT2D eigenvalue weighted by atomic mass is 9.93. The number of nitrogens with zero attached hydrogens (tertiary/aromatic N) is 1. The highest BCUT2D eigenvalue weighted by molar-refractivity contribution is 9.10. The molecule has 0 atom stereocenters. The molecule has 0 saturated heterocycles. The Kier molecular flexibility index (Phi) is 4.99. The molecule has 1 fully saturated rings. The van der Waals surface area contributed by atoms with Gasteiger partial charge in [0.25, 0.3) is 5.91 Å². The lowest BCUT2D eigenvalue weighted by Gasteiger charge is -2.27. The van der Waals surface area contributed by atoms with Gasteiger partial charge in [-0.15, -0.1) is 0 Å². The summed E-state index contributed by atoms with van der Waals surface area (Å²) in [7, 11) is 0. The highest BCUT2D eigenvalue weighted by Crippen LogP contribution is 2.34. The topological polar surface area (TPSA) is 54.0 Å². The number of pyridine rings is 1. The van der Waals surface area contributed by atoms with Crippen LogP contribution in [-0.4, -0.2) is 16.9 Å². The first kappa shape index (κ1) is 17.7. The number of carbonyl (C=O) groups is 1. The number of aromatic nitrogens is 1. The number of amides is 1. The maximum atomic E-state index is 13.4. The van der Waals surface area contributed by atoms with Crippen molar-refractivity contribution in [1.82, 2.24) is 10.3 Å². The zero-order chi connectivity index (χ0) is 18.0. The molecule has 25 heavy (non-hydrogen) atoms. The van der Waals surface area contributed by atoms with Crippen molar-refractivity contribution in [2.45, 2.75) is 31.5 Å². The van der Waals surface area contributed by atoms with Crippen LogP contribution >= 0.6 is 15.9 Å². The summed E-state index contributed by atoms with van der Waals surface area (Å²) in [5.41, 5.74) is -0.877. The minimum atomic E-state index is -4.65. The number of alkyl halides is 3. The van der Waals surface area contributed by atoms with E-state index in [2.05, 4.69) is 31.5 Å². The van der Waals surface area contributed by atoms with Gasteiger partial charge in [-0.3, -0.25) is 4.79 Å². The summed E-state index contributed by atoms with van der Waals surface area (Å²) in [4.78, 5) is 16.1. The normalized spacial score (nSPS) is 14.7. The Labute approximate surface area is 151 Å². The number of benzene rings is 1. The Morgan fingerprint density at radius 2 is 2.00 bits per heavy atom. The molecule has 1 aromatic carbocycles. The van der Waals surface area contributed by atoms with Gasteiger partial charge in [-0.05, 0) is 43.5 Å². The summed E-state index contributed by atoms with van der Waals surface area (Å²) in [6.45, 7) is 0. The van der Waals surface area contributed by atoms with Crippen LogP contribution < -0.4 is 10.6 Å². The molecule has 2 N–H and O–H groups in total. The molecule has 1 amide bonds. The fourth-order valence-corrected chi connectivity index (χ4v) is 2.87. The number of nitrogens with one attached hydrogen (secondary N) is 2. The number of carbonyl (C=O) groups excluding carboxylic acids is 1. The maximum Gasteiger partial charge on any atom is 0.417 e. The van der Waals surface area contributed by atoms with Gasteiger partial charge in [0.05, 0.1) is 11.1 Å². The number of rotatable bonds is 4. The van der Waals surface area contributed by atoms with Crippen LogP contribution in [0.1, 0.15) is 35.2 Å². The third kappa shape index (κ3) is 4.31. The van der Waals surface area contributed by atoms with Crippen molar-refractivity contribution in [3.05, 3.63) is 52.1 Å². The Morgan fingerprint density at radius 1 is 1.24 bits per heavy atom. The minimum absolute atomic E-state index is 0.0191. The molecule has 1 saturated carbocycles. The zero-order valence-corrected chi connectivity index (χ0v) is 14.6. The first-order valence-electron chi connectivity index (χ1n) is 7.73. The summed E-state index contributed by atoms with van der Waals surface area (Å²) < 4.78 is 40.9. The molecule has 3 rings (SSSR count). The van der Waals surface area contributed by atoms with E-state index in [1.165, 1.54) is 0 Å². The van der Waals surface area contributed by atoms with Gasteiger partial charge in [0.1, 0.15) is 5.82 Å². The van der Waals surface area contributed by atoms with E-state index in [1.54, 1.807) is 24.3 Å². The predicted molar refractivity (Wildman–Crippen MR) is 91.8 cm³/mol. The second-order valence-electron chi connectivity index (χ2n) is 5.85. The van der Waals surface area contributed by atoms with Crippen molar-refractivity contribution < 1.29 is 18.0 Å². The van der Waals surface area contributed by atoms with Gasteiger partial charge in [-0.25, -0.2) is 4.98 Å². The van der Waals surface area contributed by atoms with E-state index in [9.17, 15) is 18.0 Å². The Balaban J connectivity index is 1.88. The molecule has 0 unspecified atom stereocenters. The van der Waals surface area contributed by atoms with Crippen molar-refractivity contribution in [2.75, 3.05) is 5.32 Å². The van der Waals surface area contributed by atoms with Gasteiger partial charge in [-0.2, -0.15) is 13.2 Å². The van der Waals surface area contributed by atoms with Gasteiger partial charge in [-0.1, -0.05) is 22.0 Å². The maximum absolute atomic E-state index is 13.4. The molecule has 1 aromatic heterocycles. The average molecular weight is 414 g/mol. The number of hydrogen-bond acceptors (Lipinski definition) is 3. The third-order valence-electron chi connectivity index (χ3n) is 3.99. The average Bonchev–Trinajstić information content (AvgIpc) is 2.50. The van der Waals surface area contributed by atoms with Gasteiger partial charge >= 0.3 is 6.18 Å². The molecule has 2 aromatic rings. The smallest absolute Gasteiger partial charge is 0.349 e. The molecule has 0 aliphatic heterocycles. The first-order chi connectivity index (χ1) is 11.8. The zero-order valence-electron chi connectivity index (χ0n) is 13.0. The molecule has 1 aliphatic rings. The number of anilines is 2. The molecule has 0 bridgehead atoms. The van der Waals surface area contributed by atoms with Crippen LogP contribution in [-0.2, 0) is 6.18 Å². The summed E-state index contributed by atoms with van der Waals surface area (Å²) in [5.74, 6) is -0.718. The second-order valence-corrected chi connectivity index (χ2v) is 6.77. The monoisotopic (exact) mass is 413 g/mol. The Bertz CT molecular complexity index is 791. The molecule has 1 heterocycles. The highest BCUT2D eigenvalue weighted by Gasteiger charge is 2.36. The van der Waals surface area contributed by atoms with Crippen molar-refractivity contribution in [3.8, 4) is 0 Å². The first-order valence-corrected chi connectivity index (χ1v) is 8.53. The number of halogens is 4. The summed E-state index contributed by atoms with van der Waals surface area (Å²) >= 11 is 3.29. The molecule has 1 aliphatic carbocycles. The van der Waals surface area contributed by atoms with Crippen molar-refractivity contribution in [3.63, 3.8) is 0 Å². The van der Waals surface area contributed by atoms with Crippen molar-refractivity contribution in [2.24, 2.45) is 0 Å². The molecule has 0 radical (unpaired) electrons. The second kappa shape index (κ2) is 7.03.